The van der Waals surface area contributed by atoms with Crippen molar-refractivity contribution >= 4 is 0 Å². The molecule has 0 saturated heterocycles. The van der Waals surface area contributed by atoms with E-state index in [2.05, 4.69) is 12.2 Å². The maximum Gasteiger partial charge on any atom is 0.146 e. The fraction of sp³-hybridized carbons (Fsp3) is 0.286. The predicted molar refractivity (Wildman–Crippen MR) is 66.9 cm³/mol. The smallest absolute Gasteiger partial charge is 0.146 e. The first-order chi connectivity index (χ1) is 8.38. The Hall–Kier alpha value is -1.74. The van der Waals surface area contributed by atoms with Crippen molar-refractivity contribution in [2.45, 2.75) is 20.1 Å². The SMILES string of the molecule is CCNCc1coc(COc2ccccc2)c1. The summed E-state index contributed by atoms with van der Waals surface area (Å²) in [5.74, 6) is 1.71. The third kappa shape index (κ3) is 3.64. The van der Waals surface area contributed by atoms with Crippen LogP contribution in [0, 0.1) is 0 Å². The Kier molecular flexibility index (Phi) is 4.22. The van der Waals surface area contributed by atoms with E-state index >= 15 is 0 Å². The van der Waals surface area contributed by atoms with E-state index < -0.39 is 0 Å². The van der Waals surface area contributed by atoms with E-state index in [0.29, 0.717) is 6.61 Å². The zero-order valence-corrected chi connectivity index (χ0v) is 9.98. The molecule has 0 amide bonds. The topological polar surface area (TPSA) is 34.4 Å². The van der Waals surface area contributed by atoms with Crippen molar-refractivity contribution in [1.29, 1.82) is 0 Å². The molecule has 0 radical (unpaired) electrons. The van der Waals surface area contributed by atoms with Crippen LogP contribution >= 0.6 is 0 Å². The molecule has 2 rings (SSSR count). The molecule has 1 heterocycles. The molecule has 2 aromatic rings. The molecule has 3 heteroatoms. The summed E-state index contributed by atoms with van der Waals surface area (Å²) in [5, 5.41) is 3.25. The molecule has 0 bridgehead atoms. The summed E-state index contributed by atoms with van der Waals surface area (Å²) in [7, 11) is 0. The molecule has 0 saturated carbocycles. The van der Waals surface area contributed by atoms with E-state index in [4.69, 9.17) is 9.15 Å². The molecule has 1 N–H and O–H groups in total. The molecular weight excluding hydrogens is 214 g/mol. The zero-order valence-electron chi connectivity index (χ0n) is 9.98. The van der Waals surface area contributed by atoms with Gasteiger partial charge in [0.25, 0.3) is 0 Å². The van der Waals surface area contributed by atoms with E-state index in [1.165, 1.54) is 0 Å². The van der Waals surface area contributed by atoms with Gasteiger partial charge in [-0.15, -0.1) is 0 Å². The number of benzene rings is 1. The fourth-order valence-corrected chi connectivity index (χ4v) is 1.54. The van der Waals surface area contributed by atoms with Gasteiger partial charge in [0.2, 0.25) is 0 Å². The Balaban J connectivity index is 1.85. The van der Waals surface area contributed by atoms with Crippen LogP contribution in [0.3, 0.4) is 0 Å². The number of hydrogen-bond acceptors (Lipinski definition) is 3. The first-order valence-electron chi connectivity index (χ1n) is 5.83. The van der Waals surface area contributed by atoms with Crippen LogP contribution in [-0.2, 0) is 13.2 Å². The summed E-state index contributed by atoms with van der Waals surface area (Å²) in [6.45, 7) is 4.35. The molecule has 0 fully saturated rings. The van der Waals surface area contributed by atoms with Crippen LogP contribution in [0.2, 0.25) is 0 Å². The van der Waals surface area contributed by atoms with Crippen LogP contribution in [0.25, 0.3) is 0 Å². The van der Waals surface area contributed by atoms with Gasteiger partial charge < -0.3 is 14.5 Å². The van der Waals surface area contributed by atoms with Gasteiger partial charge in [-0.25, -0.2) is 0 Å². The molecule has 0 aliphatic carbocycles. The molecule has 1 aromatic heterocycles. The van der Waals surface area contributed by atoms with Crippen molar-refractivity contribution in [3.8, 4) is 5.75 Å². The molecule has 0 atom stereocenters. The predicted octanol–water partition coefficient (Wildman–Crippen LogP) is 2.97. The van der Waals surface area contributed by atoms with E-state index in [-0.39, 0.29) is 0 Å². The standard InChI is InChI=1S/C14H17NO2/c1-2-15-9-12-8-14(16-10-12)11-17-13-6-4-3-5-7-13/h3-8,10,15H,2,9,11H2,1H3. The van der Waals surface area contributed by atoms with Crippen LogP contribution in [0.4, 0.5) is 0 Å². The van der Waals surface area contributed by atoms with Gasteiger partial charge in [0.05, 0.1) is 6.26 Å². The summed E-state index contributed by atoms with van der Waals surface area (Å²) in [6.07, 6.45) is 1.77. The van der Waals surface area contributed by atoms with Crippen molar-refractivity contribution in [2.75, 3.05) is 6.54 Å². The molecule has 90 valence electrons. The van der Waals surface area contributed by atoms with Gasteiger partial charge in [0.1, 0.15) is 18.1 Å². The number of furan rings is 1. The lowest BCUT2D eigenvalue weighted by molar-refractivity contribution is 0.270. The highest BCUT2D eigenvalue weighted by atomic mass is 16.5. The van der Waals surface area contributed by atoms with Gasteiger partial charge in [-0.1, -0.05) is 25.1 Å². The van der Waals surface area contributed by atoms with E-state index in [1.54, 1.807) is 6.26 Å². The molecule has 0 aliphatic heterocycles. The average molecular weight is 231 g/mol. The van der Waals surface area contributed by atoms with E-state index in [0.717, 1.165) is 30.2 Å². The van der Waals surface area contributed by atoms with Gasteiger partial charge in [0.15, 0.2) is 0 Å². The van der Waals surface area contributed by atoms with E-state index in [9.17, 15) is 0 Å². The van der Waals surface area contributed by atoms with Crippen molar-refractivity contribution in [3.63, 3.8) is 0 Å². The lowest BCUT2D eigenvalue weighted by Crippen LogP contribution is -2.10. The van der Waals surface area contributed by atoms with Crippen LogP contribution in [-0.4, -0.2) is 6.54 Å². The summed E-state index contributed by atoms with van der Waals surface area (Å²) >= 11 is 0. The third-order valence-electron chi connectivity index (χ3n) is 2.41. The second-order valence-electron chi connectivity index (χ2n) is 3.80. The largest absolute Gasteiger partial charge is 0.486 e. The van der Waals surface area contributed by atoms with E-state index in [1.807, 2.05) is 36.4 Å². The Bertz CT molecular complexity index is 436. The fourth-order valence-electron chi connectivity index (χ4n) is 1.54. The highest BCUT2D eigenvalue weighted by molar-refractivity contribution is 5.21. The summed E-state index contributed by atoms with van der Waals surface area (Å²) in [4.78, 5) is 0. The molecule has 1 aromatic carbocycles. The molecule has 0 aliphatic rings. The zero-order chi connectivity index (χ0) is 11.9. The van der Waals surface area contributed by atoms with Crippen molar-refractivity contribution in [1.82, 2.24) is 5.32 Å². The number of hydrogen-bond donors (Lipinski definition) is 1. The monoisotopic (exact) mass is 231 g/mol. The van der Waals surface area contributed by atoms with Gasteiger partial charge in [-0.3, -0.25) is 0 Å². The minimum atomic E-state index is 0.468. The highest BCUT2D eigenvalue weighted by Gasteiger charge is 2.02. The lowest BCUT2D eigenvalue weighted by Gasteiger charge is -2.02. The number of para-hydroxylation sites is 1. The van der Waals surface area contributed by atoms with Crippen LogP contribution < -0.4 is 10.1 Å². The minimum absolute atomic E-state index is 0.468. The van der Waals surface area contributed by atoms with Crippen molar-refractivity contribution in [2.24, 2.45) is 0 Å². The van der Waals surface area contributed by atoms with Crippen LogP contribution in [0.15, 0.2) is 47.1 Å². The van der Waals surface area contributed by atoms with Gasteiger partial charge >= 0.3 is 0 Å². The third-order valence-corrected chi connectivity index (χ3v) is 2.41. The first-order valence-corrected chi connectivity index (χ1v) is 5.83. The molecule has 3 nitrogen and oxygen atoms in total. The van der Waals surface area contributed by atoms with Crippen molar-refractivity contribution in [3.05, 3.63) is 54.0 Å². The molecule has 0 spiro atoms. The molecule has 17 heavy (non-hydrogen) atoms. The number of nitrogens with one attached hydrogen (secondary N) is 1. The lowest BCUT2D eigenvalue weighted by atomic mass is 10.3. The van der Waals surface area contributed by atoms with Gasteiger partial charge in [-0.2, -0.15) is 0 Å². The van der Waals surface area contributed by atoms with Crippen LogP contribution in [0.5, 0.6) is 5.75 Å². The summed E-state index contributed by atoms with van der Waals surface area (Å²) < 4.78 is 11.0. The maximum atomic E-state index is 5.60. The molecular formula is C14H17NO2. The number of rotatable bonds is 6. The van der Waals surface area contributed by atoms with Gasteiger partial charge in [-0.05, 0) is 24.7 Å². The summed E-state index contributed by atoms with van der Waals surface area (Å²) in [6, 6.07) is 11.8. The Morgan fingerprint density at radius 2 is 2.06 bits per heavy atom. The number of ether oxygens (including phenoxy) is 1. The Morgan fingerprint density at radius 3 is 2.82 bits per heavy atom. The van der Waals surface area contributed by atoms with Crippen LogP contribution in [0.1, 0.15) is 18.2 Å². The minimum Gasteiger partial charge on any atom is -0.486 e. The summed E-state index contributed by atoms with van der Waals surface area (Å²) in [5.41, 5.74) is 1.15. The second-order valence-corrected chi connectivity index (χ2v) is 3.80. The first kappa shape index (κ1) is 11.7. The quantitative estimate of drug-likeness (QED) is 0.830. The van der Waals surface area contributed by atoms with Crippen molar-refractivity contribution < 1.29 is 9.15 Å². The van der Waals surface area contributed by atoms with Gasteiger partial charge in [0, 0.05) is 12.1 Å². The average Bonchev–Trinajstić information content (AvgIpc) is 2.83. The molecule has 0 unspecified atom stereocenters. The Labute approximate surface area is 101 Å². The maximum absolute atomic E-state index is 5.60. The second kappa shape index (κ2) is 6.11. The highest BCUT2D eigenvalue weighted by Crippen LogP contribution is 2.13. The Morgan fingerprint density at radius 1 is 1.24 bits per heavy atom. The normalized spacial score (nSPS) is 10.4.